The smallest absolute Gasteiger partial charge is 0.235 e. The fourth-order valence-electron chi connectivity index (χ4n) is 2.29. The fraction of sp³-hybridized carbons (Fsp3) is 0.111. The van der Waals surface area contributed by atoms with Gasteiger partial charge in [0, 0.05) is 22.1 Å². The molecule has 3 aromatic rings. The highest BCUT2D eigenvalue weighted by Crippen LogP contribution is 2.22. The van der Waals surface area contributed by atoms with Crippen LogP contribution in [0.2, 0.25) is 5.02 Å². The third-order valence-corrected chi connectivity index (χ3v) is 4.74. The summed E-state index contributed by atoms with van der Waals surface area (Å²) in [6, 6.07) is 12.3. The highest BCUT2D eigenvalue weighted by atomic mass is 35.5. The highest BCUT2D eigenvalue weighted by molar-refractivity contribution is 8.00. The van der Waals surface area contributed by atoms with Gasteiger partial charge in [0.05, 0.1) is 18.5 Å². The Morgan fingerprint density at radius 3 is 2.81 bits per heavy atom. The SMILES string of the molecule is O=C(CSc1ccc(F)cc1F)Nc1ccnn1Cc1cccc(Cl)c1. The van der Waals surface area contributed by atoms with Gasteiger partial charge in [-0.15, -0.1) is 11.8 Å². The fourth-order valence-corrected chi connectivity index (χ4v) is 3.22. The predicted octanol–water partition coefficient (Wildman–Crippen LogP) is 4.59. The first-order valence-electron chi connectivity index (χ1n) is 7.65. The Hall–Kier alpha value is -2.38. The molecule has 0 bridgehead atoms. The minimum absolute atomic E-state index is 0.00903. The zero-order chi connectivity index (χ0) is 18.5. The number of nitrogens with zero attached hydrogens (tertiary/aromatic N) is 2. The van der Waals surface area contributed by atoms with Crippen molar-refractivity contribution < 1.29 is 13.6 Å². The molecule has 0 fully saturated rings. The van der Waals surface area contributed by atoms with E-state index in [4.69, 9.17) is 11.6 Å². The number of aromatic nitrogens is 2. The molecule has 3 rings (SSSR count). The summed E-state index contributed by atoms with van der Waals surface area (Å²) in [6.45, 7) is 0.447. The van der Waals surface area contributed by atoms with Crippen LogP contribution in [0.5, 0.6) is 0 Å². The van der Waals surface area contributed by atoms with Crippen LogP contribution in [0.15, 0.2) is 59.6 Å². The maximum atomic E-state index is 13.6. The second-order valence-corrected chi connectivity index (χ2v) is 6.87. The molecule has 26 heavy (non-hydrogen) atoms. The number of rotatable bonds is 6. The average Bonchev–Trinajstić information content (AvgIpc) is 3.01. The summed E-state index contributed by atoms with van der Waals surface area (Å²) in [6.07, 6.45) is 1.58. The molecule has 0 aliphatic carbocycles. The molecule has 0 unspecified atom stereocenters. The third-order valence-electron chi connectivity index (χ3n) is 3.46. The van der Waals surface area contributed by atoms with E-state index in [-0.39, 0.29) is 16.6 Å². The molecule has 0 saturated heterocycles. The first-order valence-corrected chi connectivity index (χ1v) is 9.01. The number of anilines is 1. The van der Waals surface area contributed by atoms with Gasteiger partial charge in [-0.3, -0.25) is 4.79 Å². The van der Waals surface area contributed by atoms with E-state index in [0.29, 0.717) is 17.4 Å². The monoisotopic (exact) mass is 393 g/mol. The van der Waals surface area contributed by atoms with Crippen molar-refractivity contribution in [3.63, 3.8) is 0 Å². The minimum atomic E-state index is -0.686. The van der Waals surface area contributed by atoms with E-state index in [1.54, 1.807) is 23.0 Å². The third kappa shape index (κ3) is 4.83. The van der Waals surface area contributed by atoms with Gasteiger partial charge < -0.3 is 5.32 Å². The van der Waals surface area contributed by atoms with Crippen molar-refractivity contribution in [2.24, 2.45) is 0 Å². The molecule has 1 aromatic heterocycles. The van der Waals surface area contributed by atoms with Crippen LogP contribution in [0.1, 0.15) is 5.56 Å². The molecular formula is C18H14ClF2N3OS. The number of nitrogens with one attached hydrogen (secondary N) is 1. The Kier molecular flexibility index (Phi) is 5.90. The van der Waals surface area contributed by atoms with Crippen molar-refractivity contribution in [1.29, 1.82) is 0 Å². The van der Waals surface area contributed by atoms with Gasteiger partial charge in [-0.2, -0.15) is 5.10 Å². The molecule has 0 aliphatic heterocycles. The second-order valence-electron chi connectivity index (χ2n) is 5.42. The highest BCUT2D eigenvalue weighted by Gasteiger charge is 2.11. The van der Waals surface area contributed by atoms with Gasteiger partial charge in [0.25, 0.3) is 0 Å². The summed E-state index contributed by atoms with van der Waals surface area (Å²) in [5.74, 6) is -1.14. The normalized spacial score (nSPS) is 10.7. The second kappa shape index (κ2) is 8.33. The van der Waals surface area contributed by atoms with Crippen LogP contribution >= 0.6 is 23.4 Å². The summed E-state index contributed by atoms with van der Waals surface area (Å²) in [5, 5.41) is 7.55. The van der Waals surface area contributed by atoms with Crippen LogP contribution in [0.3, 0.4) is 0 Å². The first-order chi connectivity index (χ1) is 12.5. The maximum Gasteiger partial charge on any atom is 0.235 e. The molecule has 0 aliphatic rings. The lowest BCUT2D eigenvalue weighted by atomic mass is 10.2. The summed E-state index contributed by atoms with van der Waals surface area (Å²) in [7, 11) is 0. The molecule has 0 atom stereocenters. The lowest BCUT2D eigenvalue weighted by Gasteiger charge is -2.09. The summed E-state index contributed by atoms with van der Waals surface area (Å²) < 4.78 is 28.1. The van der Waals surface area contributed by atoms with E-state index in [2.05, 4.69) is 10.4 Å². The average molecular weight is 394 g/mol. The lowest BCUT2D eigenvalue weighted by Crippen LogP contribution is -2.18. The Morgan fingerprint density at radius 2 is 2.04 bits per heavy atom. The summed E-state index contributed by atoms with van der Waals surface area (Å²) >= 11 is 6.97. The van der Waals surface area contributed by atoms with Crippen molar-refractivity contribution >= 4 is 35.1 Å². The Labute approximate surface area is 158 Å². The van der Waals surface area contributed by atoms with E-state index in [0.717, 1.165) is 29.5 Å². The largest absolute Gasteiger partial charge is 0.310 e. The van der Waals surface area contributed by atoms with Crippen LogP contribution in [-0.2, 0) is 11.3 Å². The molecule has 8 heteroatoms. The van der Waals surface area contributed by atoms with Gasteiger partial charge in [-0.1, -0.05) is 23.7 Å². The van der Waals surface area contributed by atoms with E-state index in [9.17, 15) is 13.6 Å². The zero-order valence-electron chi connectivity index (χ0n) is 13.5. The number of hydrogen-bond acceptors (Lipinski definition) is 3. The van der Waals surface area contributed by atoms with Crippen molar-refractivity contribution in [3.8, 4) is 0 Å². The molecule has 0 saturated carbocycles. The predicted molar refractivity (Wildman–Crippen MR) is 98.5 cm³/mol. The number of benzene rings is 2. The van der Waals surface area contributed by atoms with Gasteiger partial charge >= 0.3 is 0 Å². The van der Waals surface area contributed by atoms with Crippen LogP contribution in [0.25, 0.3) is 0 Å². The van der Waals surface area contributed by atoms with Gasteiger partial charge in [0.2, 0.25) is 5.91 Å². The van der Waals surface area contributed by atoms with Crippen LogP contribution in [-0.4, -0.2) is 21.4 Å². The van der Waals surface area contributed by atoms with Gasteiger partial charge in [-0.05, 0) is 29.8 Å². The minimum Gasteiger partial charge on any atom is -0.310 e. The van der Waals surface area contributed by atoms with Crippen molar-refractivity contribution in [1.82, 2.24) is 9.78 Å². The molecule has 1 heterocycles. The maximum absolute atomic E-state index is 13.6. The van der Waals surface area contributed by atoms with Gasteiger partial charge in [0.15, 0.2) is 0 Å². The molecule has 134 valence electrons. The van der Waals surface area contributed by atoms with E-state index in [1.165, 1.54) is 6.07 Å². The number of hydrogen-bond donors (Lipinski definition) is 1. The number of carbonyl (C=O) groups excluding carboxylic acids is 1. The number of thioether (sulfide) groups is 1. The van der Waals surface area contributed by atoms with Crippen molar-refractivity contribution in [2.75, 3.05) is 11.1 Å². The van der Waals surface area contributed by atoms with Crippen LogP contribution in [0, 0.1) is 11.6 Å². The standard InChI is InChI=1S/C18H14ClF2N3OS/c19-13-3-1-2-12(8-13)10-24-17(6-7-22-24)23-18(25)11-26-16-5-4-14(20)9-15(16)21/h1-9H,10-11H2,(H,23,25). The van der Waals surface area contributed by atoms with E-state index >= 15 is 0 Å². The summed E-state index contributed by atoms with van der Waals surface area (Å²) in [4.78, 5) is 12.3. The summed E-state index contributed by atoms with van der Waals surface area (Å²) in [5.41, 5.74) is 0.944. The van der Waals surface area contributed by atoms with Gasteiger partial charge in [0.1, 0.15) is 17.5 Å². The molecule has 2 aromatic carbocycles. The lowest BCUT2D eigenvalue weighted by molar-refractivity contribution is -0.113. The Morgan fingerprint density at radius 1 is 1.19 bits per heavy atom. The van der Waals surface area contributed by atoms with Crippen LogP contribution < -0.4 is 5.32 Å². The molecule has 0 spiro atoms. The van der Waals surface area contributed by atoms with Crippen LogP contribution in [0.4, 0.5) is 14.6 Å². The number of halogens is 3. The quantitative estimate of drug-likeness (QED) is 0.623. The van der Waals surface area contributed by atoms with E-state index < -0.39 is 11.6 Å². The Bertz CT molecular complexity index is 932. The number of carbonyl (C=O) groups is 1. The van der Waals surface area contributed by atoms with Crippen molar-refractivity contribution in [3.05, 3.63) is 76.9 Å². The molecule has 1 amide bonds. The molecule has 1 N–H and O–H groups in total. The van der Waals surface area contributed by atoms with Crippen molar-refractivity contribution in [2.45, 2.75) is 11.4 Å². The Balaban J connectivity index is 1.60. The molecule has 4 nitrogen and oxygen atoms in total. The zero-order valence-corrected chi connectivity index (χ0v) is 15.0. The topological polar surface area (TPSA) is 46.9 Å². The van der Waals surface area contributed by atoms with Gasteiger partial charge in [-0.25, -0.2) is 13.5 Å². The first kappa shape index (κ1) is 18.4. The molecular weight excluding hydrogens is 380 g/mol. The number of amides is 1. The molecule has 0 radical (unpaired) electrons. The van der Waals surface area contributed by atoms with E-state index in [1.807, 2.05) is 18.2 Å².